The number of rotatable bonds is 4. The maximum Gasteiger partial charge on any atom is 0.360 e. The van der Waals surface area contributed by atoms with Gasteiger partial charge in [0, 0.05) is 25.7 Å². The van der Waals surface area contributed by atoms with Gasteiger partial charge in [-0.3, -0.25) is 9.59 Å². The summed E-state index contributed by atoms with van der Waals surface area (Å²) in [6.07, 6.45) is 2.34. The van der Waals surface area contributed by atoms with Crippen LogP contribution >= 0.6 is 0 Å². The average Bonchev–Trinajstić information content (AvgIpc) is 2.83. The first-order valence-electron chi connectivity index (χ1n) is 6.42. The predicted octanol–water partition coefficient (Wildman–Crippen LogP) is -0.839. The summed E-state index contributed by atoms with van der Waals surface area (Å²) in [6, 6.07) is -0.824. The zero-order valence-corrected chi connectivity index (χ0v) is 10.9. The average molecular weight is 283 g/mol. The van der Waals surface area contributed by atoms with Crippen molar-refractivity contribution in [2.24, 2.45) is 11.7 Å². The van der Waals surface area contributed by atoms with E-state index in [1.165, 1.54) is 6.20 Å². The fourth-order valence-corrected chi connectivity index (χ4v) is 2.33. The third-order valence-electron chi connectivity index (χ3n) is 3.56. The molecule has 1 aliphatic rings. The van der Waals surface area contributed by atoms with Crippen LogP contribution in [-0.4, -0.2) is 46.2 Å². The first-order valence-corrected chi connectivity index (χ1v) is 6.42. The number of nitrogens with two attached hydrogens (primary N) is 1. The Hall–Kier alpha value is -2.09. The van der Waals surface area contributed by atoms with Gasteiger partial charge in [0.05, 0.1) is 17.5 Å². The van der Waals surface area contributed by atoms with E-state index in [0.717, 1.165) is 0 Å². The van der Waals surface area contributed by atoms with E-state index in [1.54, 1.807) is 4.90 Å². The second-order valence-corrected chi connectivity index (χ2v) is 4.93. The molecule has 1 aromatic rings. The van der Waals surface area contributed by atoms with Crippen molar-refractivity contribution in [3.8, 4) is 0 Å². The molecule has 1 aromatic heterocycles. The second kappa shape index (κ2) is 5.91. The molecular formula is C12H17N3O5. The number of carbonyl (C=O) groups excluding carboxylic acids is 1. The van der Waals surface area contributed by atoms with Gasteiger partial charge < -0.3 is 20.3 Å². The van der Waals surface area contributed by atoms with E-state index in [2.05, 4.69) is 9.68 Å². The van der Waals surface area contributed by atoms with E-state index in [1.807, 2.05) is 0 Å². The van der Waals surface area contributed by atoms with Crippen LogP contribution in [0.4, 0.5) is 0 Å². The number of nitrogens with zero attached hydrogens (tertiary/aromatic N) is 1. The highest BCUT2D eigenvalue weighted by atomic mass is 16.5. The van der Waals surface area contributed by atoms with Crippen molar-refractivity contribution in [1.82, 2.24) is 10.1 Å². The molecule has 4 N–H and O–H groups in total. The van der Waals surface area contributed by atoms with E-state index in [4.69, 9.17) is 10.8 Å². The molecule has 0 bridgehead atoms. The molecule has 20 heavy (non-hydrogen) atoms. The number of aromatic amines is 1. The highest BCUT2D eigenvalue weighted by Crippen LogP contribution is 2.18. The molecule has 1 fully saturated rings. The number of nitrogens with one attached hydrogen (secondary N) is 1. The van der Waals surface area contributed by atoms with Gasteiger partial charge in [0.15, 0.2) is 0 Å². The number of amides is 1. The Labute approximate surface area is 114 Å². The van der Waals surface area contributed by atoms with Gasteiger partial charge in [-0.2, -0.15) is 0 Å². The fraction of sp³-hybridized carbons (Fsp3) is 0.583. The molecular weight excluding hydrogens is 266 g/mol. The van der Waals surface area contributed by atoms with Crippen LogP contribution in [-0.2, 0) is 16.0 Å². The van der Waals surface area contributed by atoms with Crippen LogP contribution in [0.1, 0.15) is 18.4 Å². The number of carboxylic acid groups (broad SMARTS) is 1. The third-order valence-corrected chi connectivity index (χ3v) is 3.56. The number of piperidine rings is 1. The lowest BCUT2D eigenvalue weighted by Crippen LogP contribution is -2.49. The lowest BCUT2D eigenvalue weighted by molar-refractivity contribution is -0.146. The highest BCUT2D eigenvalue weighted by Gasteiger charge is 2.29. The molecule has 1 aliphatic heterocycles. The number of aliphatic carboxylic acids is 1. The molecule has 0 aromatic carbocycles. The van der Waals surface area contributed by atoms with Crippen LogP contribution in [0, 0.1) is 5.92 Å². The van der Waals surface area contributed by atoms with Crippen molar-refractivity contribution in [3.63, 3.8) is 0 Å². The minimum Gasteiger partial charge on any atom is -0.481 e. The molecule has 1 amide bonds. The van der Waals surface area contributed by atoms with Gasteiger partial charge in [0.2, 0.25) is 5.91 Å². The first-order chi connectivity index (χ1) is 9.49. The molecule has 1 saturated heterocycles. The van der Waals surface area contributed by atoms with E-state index >= 15 is 0 Å². The van der Waals surface area contributed by atoms with Crippen molar-refractivity contribution >= 4 is 11.9 Å². The SMILES string of the molecule is N[C@@H](Cc1c[nH]oc1=O)C(=O)N1CCC(C(=O)O)CC1. The summed E-state index contributed by atoms with van der Waals surface area (Å²) < 4.78 is 4.50. The summed E-state index contributed by atoms with van der Waals surface area (Å²) in [5.74, 6) is -1.49. The van der Waals surface area contributed by atoms with Crippen LogP contribution < -0.4 is 11.4 Å². The summed E-state index contributed by atoms with van der Waals surface area (Å²) in [7, 11) is 0. The minimum absolute atomic E-state index is 0.101. The van der Waals surface area contributed by atoms with E-state index in [0.29, 0.717) is 31.5 Å². The van der Waals surface area contributed by atoms with E-state index < -0.39 is 23.6 Å². The zero-order valence-electron chi connectivity index (χ0n) is 10.9. The molecule has 0 unspecified atom stereocenters. The molecule has 0 aliphatic carbocycles. The summed E-state index contributed by atoms with van der Waals surface area (Å²) in [5, 5.41) is 11.2. The summed E-state index contributed by atoms with van der Waals surface area (Å²) >= 11 is 0. The molecule has 110 valence electrons. The lowest BCUT2D eigenvalue weighted by Gasteiger charge is -2.31. The van der Waals surface area contributed by atoms with Gasteiger partial charge in [0.1, 0.15) is 0 Å². The maximum atomic E-state index is 12.1. The molecule has 8 heteroatoms. The standard InChI is InChI=1S/C12H17N3O5/c13-9(5-8-6-14-20-12(8)19)10(16)15-3-1-7(2-4-15)11(17)18/h6-7,9,14H,1-5,13H2,(H,17,18)/t9-/m0/s1. The van der Waals surface area contributed by atoms with Crippen LogP contribution in [0.15, 0.2) is 15.5 Å². The van der Waals surface area contributed by atoms with Crippen molar-refractivity contribution < 1.29 is 19.2 Å². The van der Waals surface area contributed by atoms with E-state index in [-0.39, 0.29) is 12.3 Å². The predicted molar refractivity (Wildman–Crippen MR) is 67.9 cm³/mol. The summed E-state index contributed by atoms with van der Waals surface area (Å²) in [5.41, 5.74) is 5.60. The third kappa shape index (κ3) is 3.08. The van der Waals surface area contributed by atoms with Crippen molar-refractivity contribution in [3.05, 3.63) is 22.2 Å². The quantitative estimate of drug-likeness (QED) is 0.660. The number of likely N-dealkylation sites (tertiary alicyclic amines) is 1. The molecule has 0 spiro atoms. The number of carbonyl (C=O) groups is 2. The molecule has 2 heterocycles. The largest absolute Gasteiger partial charge is 0.481 e. The zero-order chi connectivity index (χ0) is 14.7. The summed E-state index contributed by atoms with van der Waals surface area (Å²) in [4.78, 5) is 35.7. The molecule has 0 saturated carbocycles. The Morgan fingerprint density at radius 2 is 2.15 bits per heavy atom. The number of H-pyrrole nitrogens is 1. The molecule has 1 atom stereocenters. The van der Waals surface area contributed by atoms with Crippen molar-refractivity contribution in [1.29, 1.82) is 0 Å². The minimum atomic E-state index is -0.827. The Balaban J connectivity index is 1.90. The maximum absolute atomic E-state index is 12.1. The monoisotopic (exact) mass is 283 g/mol. The van der Waals surface area contributed by atoms with Gasteiger partial charge in [0.25, 0.3) is 0 Å². The molecule has 0 radical (unpaired) electrons. The van der Waals surface area contributed by atoms with Crippen molar-refractivity contribution in [2.45, 2.75) is 25.3 Å². The Morgan fingerprint density at radius 3 is 2.65 bits per heavy atom. The summed E-state index contributed by atoms with van der Waals surface area (Å²) in [6.45, 7) is 0.760. The topological polar surface area (TPSA) is 130 Å². The van der Waals surface area contributed by atoms with E-state index in [9.17, 15) is 14.4 Å². The van der Waals surface area contributed by atoms with Crippen LogP contribution in [0.25, 0.3) is 0 Å². The van der Waals surface area contributed by atoms with Crippen molar-refractivity contribution in [2.75, 3.05) is 13.1 Å². The van der Waals surface area contributed by atoms with Crippen LogP contribution in [0.5, 0.6) is 0 Å². The van der Waals surface area contributed by atoms with Gasteiger partial charge in [-0.25, -0.2) is 9.95 Å². The van der Waals surface area contributed by atoms with Gasteiger partial charge in [-0.1, -0.05) is 0 Å². The number of hydrogen-bond acceptors (Lipinski definition) is 5. The highest BCUT2D eigenvalue weighted by molar-refractivity contribution is 5.82. The Bertz CT molecular complexity index is 541. The van der Waals surface area contributed by atoms with Crippen LogP contribution in [0.2, 0.25) is 0 Å². The number of hydrogen-bond donors (Lipinski definition) is 3. The molecule has 8 nitrogen and oxygen atoms in total. The van der Waals surface area contributed by atoms with Gasteiger partial charge >= 0.3 is 11.6 Å². The Morgan fingerprint density at radius 1 is 1.50 bits per heavy atom. The van der Waals surface area contributed by atoms with Crippen LogP contribution in [0.3, 0.4) is 0 Å². The number of carboxylic acids is 1. The fourth-order valence-electron chi connectivity index (χ4n) is 2.33. The molecule has 2 rings (SSSR count). The first kappa shape index (κ1) is 14.3. The smallest absolute Gasteiger partial charge is 0.360 e. The second-order valence-electron chi connectivity index (χ2n) is 4.93. The normalized spacial score (nSPS) is 17.9. The lowest BCUT2D eigenvalue weighted by atomic mass is 9.96. The number of aromatic nitrogens is 1. The Kier molecular flexibility index (Phi) is 4.23. The van der Waals surface area contributed by atoms with Gasteiger partial charge in [-0.15, -0.1) is 0 Å². The van der Waals surface area contributed by atoms with Gasteiger partial charge in [-0.05, 0) is 12.8 Å².